The quantitative estimate of drug-likeness (QED) is 0.220. The summed E-state index contributed by atoms with van der Waals surface area (Å²) in [6, 6.07) is 7.77. The minimum absolute atomic E-state index is 0.0216. The lowest BCUT2D eigenvalue weighted by molar-refractivity contribution is -0.140. The number of likely N-dealkylation sites (tertiary alicyclic amines) is 1. The van der Waals surface area contributed by atoms with Crippen molar-refractivity contribution in [3.63, 3.8) is 0 Å². The van der Waals surface area contributed by atoms with Crippen molar-refractivity contribution in [1.82, 2.24) is 45.2 Å². The molecule has 1 aromatic carbocycles. The van der Waals surface area contributed by atoms with Gasteiger partial charge in [-0.1, -0.05) is 17.7 Å². The summed E-state index contributed by atoms with van der Waals surface area (Å²) in [5.74, 6) is -0.505. The Morgan fingerprint density at radius 2 is 1.88 bits per heavy atom. The second-order valence-electron chi connectivity index (χ2n) is 11.7. The van der Waals surface area contributed by atoms with Crippen molar-refractivity contribution in [2.24, 2.45) is 5.92 Å². The minimum Gasteiger partial charge on any atom is -0.397 e. The second kappa shape index (κ2) is 13.6. The summed E-state index contributed by atoms with van der Waals surface area (Å²) in [7, 11) is 0. The van der Waals surface area contributed by atoms with Gasteiger partial charge in [0.05, 0.1) is 46.5 Å². The fourth-order valence-corrected chi connectivity index (χ4v) is 6.04. The standard InChI is InChI=1S/C31H32ClF3N10O3/c32-23-11-19(1-3-21(23)30(48)43-8-5-18(6-9-43)16-44-10-7-37-15-26(44)46)12-40-29(47)28-39-14-24(41-28)22-17-45(42-27(22)31(33,34)35)25-4-2-20(36)13-38-25/h1-4,11,13-14,17-18,37H,5-10,12,15-16,36H2,(H,39,41)(H,40,47). The van der Waals surface area contributed by atoms with Gasteiger partial charge in [0.15, 0.2) is 17.3 Å². The number of alkyl halides is 3. The first kappa shape index (κ1) is 33.0. The van der Waals surface area contributed by atoms with E-state index in [2.05, 4.69) is 30.7 Å². The number of amides is 3. The molecule has 6 rings (SSSR count). The van der Waals surface area contributed by atoms with Gasteiger partial charge in [-0.05, 0) is 48.6 Å². The Labute approximate surface area is 277 Å². The molecule has 5 N–H and O–H groups in total. The van der Waals surface area contributed by atoms with Gasteiger partial charge in [0.25, 0.3) is 11.8 Å². The molecule has 5 heterocycles. The molecule has 0 spiro atoms. The van der Waals surface area contributed by atoms with Crippen LogP contribution in [0, 0.1) is 5.92 Å². The fourth-order valence-electron chi connectivity index (χ4n) is 5.75. The number of pyridine rings is 1. The average molecular weight is 685 g/mol. The van der Waals surface area contributed by atoms with E-state index in [1.165, 1.54) is 18.3 Å². The number of piperazine rings is 1. The lowest BCUT2D eigenvalue weighted by atomic mass is 9.95. The number of nitrogens with one attached hydrogen (secondary N) is 3. The number of rotatable bonds is 8. The molecule has 0 unspecified atom stereocenters. The Bertz CT molecular complexity index is 1820. The van der Waals surface area contributed by atoms with E-state index >= 15 is 0 Å². The van der Waals surface area contributed by atoms with E-state index < -0.39 is 17.8 Å². The normalized spacial score (nSPS) is 16.0. The van der Waals surface area contributed by atoms with Crippen molar-refractivity contribution in [3.05, 3.63) is 76.6 Å². The Morgan fingerprint density at radius 1 is 1.08 bits per heavy atom. The molecule has 2 aliphatic rings. The molecule has 17 heteroatoms. The summed E-state index contributed by atoms with van der Waals surface area (Å²) in [5.41, 5.74) is 5.33. The number of piperidine rings is 1. The van der Waals surface area contributed by atoms with Crippen LogP contribution in [0.1, 0.15) is 45.1 Å². The topological polar surface area (TPSA) is 167 Å². The number of hydrogen-bond acceptors (Lipinski definition) is 8. The summed E-state index contributed by atoms with van der Waals surface area (Å²) < 4.78 is 42.5. The van der Waals surface area contributed by atoms with E-state index in [0.29, 0.717) is 55.5 Å². The molecular weight excluding hydrogens is 653 g/mol. The van der Waals surface area contributed by atoms with Crippen LogP contribution >= 0.6 is 11.6 Å². The summed E-state index contributed by atoms with van der Waals surface area (Å²) in [4.78, 5) is 52.4. The van der Waals surface area contributed by atoms with Crippen LogP contribution in [0.5, 0.6) is 0 Å². The van der Waals surface area contributed by atoms with Crippen LogP contribution in [0.2, 0.25) is 5.02 Å². The van der Waals surface area contributed by atoms with Crippen LogP contribution in [-0.2, 0) is 17.5 Å². The zero-order valence-corrected chi connectivity index (χ0v) is 26.3. The van der Waals surface area contributed by atoms with Crippen molar-refractivity contribution >= 4 is 35.0 Å². The van der Waals surface area contributed by atoms with Gasteiger partial charge < -0.3 is 31.2 Å². The van der Waals surface area contributed by atoms with Gasteiger partial charge in [0, 0.05) is 45.5 Å². The molecule has 2 saturated heterocycles. The van der Waals surface area contributed by atoms with Gasteiger partial charge in [-0.15, -0.1) is 0 Å². The van der Waals surface area contributed by atoms with Gasteiger partial charge in [0.1, 0.15) is 0 Å². The third-order valence-electron chi connectivity index (χ3n) is 8.35. The molecule has 0 radical (unpaired) electrons. The highest BCUT2D eigenvalue weighted by Crippen LogP contribution is 2.36. The first-order valence-corrected chi connectivity index (χ1v) is 15.6. The lowest BCUT2D eigenvalue weighted by Gasteiger charge is -2.36. The van der Waals surface area contributed by atoms with Crippen LogP contribution < -0.4 is 16.4 Å². The number of hydrogen-bond donors (Lipinski definition) is 4. The van der Waals surface area contributed by atoms with Crippen LogP contribution in [0.3, 0.4) is 0 Å². The molecule has 3 amide bonds. The number of aromatic nitrogens is 5. The maximum atomic E-state index is 13.8. The van der Waals surface area contributed by atoms with Crippen molar-refractivity contribution in [2.45, 2.75) is 25.6 Å². The largest absolute Gasteiger partial charge is 0.435 e. The number of nitrogens with zero attached hydrogens (tertiary/aromatic N) is 6. The van der Waals surface area contributed by atoms with Gasteiger partial charge in [-0.2, -0.15) is 18.3 Å². The molecule has 3 aromatic heterocycles. The zero-order chi connectivity index (χ0) is 34.0. The van der Waals surface area contributed by atoms with Gasteiger partial charge in [-0.25, -0.2) is 14.6 Å². The van der Waals surface area contributed by atoms with Crippen molar-refractivity contribution < 1.29 is 27.6 Å². The summed E-state index contributed by atoms with van der Waals surface area (Å²) in [5, 5.41) is 9.62. The number of H-pyrrole nitrogens is 1. The van der Waals surface area contributed by atoms with E-state index in [4.69, 9.17) is 17.3 Å². The van der Waals surface area contributed by atoms with Crippen LogP contribution in [0.25, 0.3) is 17.1 Å². The third-order valence-corrected chi connectivity index (χ3v) is 8.67. The summed E-state index contributed by atoms with van der Waals surface area (Å²) in [6.45, 7) is 3.69. The number of benzene rings is 1. The number of carbonyl (C=O) groups is 3. The van der Waals surface area contributed by atoms with E-state index in [9.17, 15) is 27.6 Å². The third kappa shape index (κ3) is 7.28. The average Bonchev–Trinajstić information content (AvgIpc) is 3.74. The maximum Gasteiger partial charge on any atom is 0.435 e. The lowest BCUT2D eigenvalue weighted by Crippen LogP contribution is -2.50. The number of anilines is 1. The molecule has 2 fully saturated rings. The van der Waals surface area contributed by atoms with E-state index in [-0.39, 0.29) is 46.3 Å². The predicted molar refractivity (Wildman–Crippen MR) is 169 cm³/mol. The Balaban J connectivity index is 1.06. The van der Waals surface area contributed by atoms with Gasteiger partial charge in [0.2, 0.25) is 5.91 Å². The molecular formula is C31H32ClF3N10O3. The van der Waals surface area contributed by atoms with Crippen molar-refractivity contribution in [3.8, 4) is 17.1 Å². The minimum atomic E-state index is -4.79. The summed E-state index contributed by atoms with van der Waals surface area (Å²) >= 11 is 6.49. The molecule has 0 atom stereocenters. The first-order valence-electron chi connectivity index (χ1n) is 15.2. The number of halogens is 4. The number of aromatic amines is 1. The molecule has 13 nitrogen and oxygen atoms in total. The Morgan fingerprint density at radius 3 is 2.56 bits per heavy atom. The predicted octanol–water partition coefficient (Wildman–Crippen LogP) is 3.13. The zero-order valence-electron chi connectivity index (χ0n) is 25.6. The SMILES string of the molecule is Nc1ccc(-n2cc(-c3cnc(C(=O)NCc4ccc(C(=O)N5CCC(CN6CCNCC6=O)CC5)c(Cl)c4)[nH]3)c(C(F)(F)F)n2)nc1. The molecule has 252 valence electrons. The number of nitrogen functional groups attached to an aromatic ring is 1. The molecule has 2 aliphatic heterocycles. The molecule has 0 bridgehead atoms. The number of nitrogens with two attached hydrogens (primary N) is 1. The molecule has 0 aliphatic carbocycles. The van der Waals surface area contributed by atoms with E-state index in [1.807, 2.05) is 4.90 Å². The number of carbonyl (C=O) groups excluding carboxylic acids is 3. The highest BCUT2D eigenvalue weighted by Gasteiger charge is 2.38. The van der Waals surface area contributed by atoms with Crippen LogP contribution in [0.4, 0.5) is 18.9 Å². The van der Waals surface area contributed by atoms with Gasteiger partial charge in [-0.3, -0.25) is 14.4 Å². The first-order chi connectivity index (χ1) is 23.0. The van der Waals surface area contributed by atoms with E-state index in [0.717, 1.165) is 36.5 Å². The fraction of sp³-hybridized carbons (Fsp3) is 0.355. The Kier molecular flexibility index (Phi) is 9.37. The highest BCUT2D eigenvalue weighted by atomic mass is 35.5. The molecule has 48 heavy (non-hydrogen) atoms. The molecule has 4 aromatic rings. The van der Waals surface area contributed by atoms with E-state index in [1.54, 1.807) is 23.1 Å². The Hall–Kier alpha value is -4.96. The smallest absolute Gasteiger partial charge is 0.397 e. The number of imidazole rings is 1. The highest BCUT2D eigenvalue weighted by molar-refractivity contribution is 6.33. The van der Waals surface area contributed by atoms with Crippen LogP contribution in [-0.4, -0.2) is 91.5 Å². The monoisotopic (exact) mass is 684 g/mol. The maximum absolute atomic E-state index is 13.8. The second-order valence-corrected chi connectivity index (χ2v) is 12.1. The van der Waals surface area contributed by atoms with Gasteiger partial charge >= 0.3 is 6.18 Å². The van der Waals surface area contributed by atoms with Crippen molar-refractivity contribution in [2.75, 3.05) is 45.0 Å². The molecule has 0 saturated carbocycles. The van der Waals surface area contributed by atoms with Crippen molar-refractivity contribution in [1.29, 1.82) is 0 Å². The van der Waals surface area contributed by atoms with Crippen LogP contribution in [0.15, 0.2) is 48.9 Å². The summed E-state index contributed by atoms with van der Waals surface area (Å²) in [6.07, 6.45) is 0.340.